The number of methoxy groups -OCH3 is 1. The van der Waals surface area contributed by atoms with E-state index in [0.717, 1.165) is 12.8 Å². The largest absolute Gasteiger partial charge is 0.457 e. The van der Waals surface area contributed by atoms with Crippen molar-refractivity contribution in [3.8, 4) is 0 Å². The van der Waals surface area contributed by atoms with Gasteiger partial charge in [0.1, 0.15) is 6.61 Å². The Labute approximate surface area is 109 Å². The molecule has 0 saturated carbocycles. The third kappa shape index (κ3) is 5.45. The predicted octanol–water partition coefficient (Wildman–Crippen LogP) is 2.37. The minimum atomic E-state index is -0.762. The van der Waals surface area contributed by atoms with Crippen LogP contribution in [-0.4, -0.2) is 32.1 Å². The van der Waals surface area contributed by atoms with Gasteiger partial charge in [-0.3, -0.25) is 4.79 Å². The Hall–Kier alpha value is -1.16. The Kier molecular flexibility index (Phi) is 9.19. The Bertz CT molecular complexity index is 273. The average Bonchev–Trinajstić information content (AvgIpc) is 2.38. The third-order valence-electron chi connectivity index (χ3n) is 2.94. The first-order valence-corrected chi connectivity index (χ1v) is 6.44. The molecule has 0 amide bonds. The average molecular weight is 256 g/mol. The highest BCUT2D eigenvalue weighted by molar-refractivity contribution is 6.34. The number of esters is 1. The molecule has 0 aliphatic heterocycles. The van der Waals surface area contributed by atoms with Crippen LogP contribution in [0.15, 0.2) is 12.7 Å². The summed E-state index contributed by atoms with van der Waals surface area (Å²) >= 11 is 0. The van der Waals surface area contributed by atoms with E-state index in [-0.39, 0.29) is 18.4 Å². The van der Waals surface area contributed by atoms with E-state index in [9.17, 15) is 9.59 Å². The second kappa shape index (κ2) is 9.83. The van der Waals surface area contributed by atoms with Crippen LogP contribution in [0, 0.1) is 11.8 Å². The molecule has 0 N–H and O–H groups in total. The smallest absolute Gasteiger partial charge is 0.374 e. The zero-order valence-electron chi connectivity index (χ0n) is 11.6. The van der Waals surface area contributed by atoms with E-state index in [0.29, 0.717) is 13.0 Å². The summed E-state index contributed by atoms with van der Waals surface area (Å²) in [4.78, 5) is 23.6. The fourth-order valence-corrected chi connectivity index (χ4v) is 1.94. The number of Topliss-reactive ketones (excluding diaryl/α,β-unsaturated/α-hetero) is 1. The van der Waals surface area contributed by atoms with Gasteiger partial charge < -0.3 is 9.47 Å². The molecule has 0 aliphatic carbocycles. The summed E-state index contributed by atoms with van der Waals surface area (Å²) in [5.41, 5.74) is 0. The van der Waals surface area contributed by atoms with Gasteiger partial charge in [-0.1, -0.05) is 26.3 Å². The van der Waals surface area contributed by atoms with Crippen molar-refractivity contribution in [2.45, 2.75) is 33.1 Å². The minimum Gasteiger partial charge on any atom is -0.457 e. The van der Waals surface area contributed by atoms with Crippen LogP contribution in [0.5, 0.6) is 0 Å². The lowest BCUT2D eigenvalue weighted by molar-refractivity contribution is -0.157. The topological polar surface area (TPSA) is 52.6 Å². The van der Waals surface area contributed by atoms with Crippen LogP contribution in [0.2, 0.25) is 0 Å². The van der Waals surface area contributed by atoms with Crippen molar-refractivity contribution >= 4 is 11.8 Å². The van der Waals surface area contributed by atoms with Crippen molar-refractivity contribution in [2.24, 2.45) is 11.8 Å². The number of ether oxygens (including phenoxy) is 2. The van der Waals surface area contributed by atoms with Crippen LogP contribution in [0.25, 0.3) is 0 Å². The molecule has 4 heteroatoms. The number of carbonyl (C=O) groups is 2. The molecule has 0 heterocycles. The number of carbonyl (C=O) groups excluding carboxylic acids is 2. The maximum atomic E-state index is 12.0. The summed E-state index contributed by atoms with van der Waals surface area (Å²) in [6.45, 7) is 8.10. The van der Waals surface area contributed by atoms with Crippen molar-refractivity contribution in [3.05, 3.63) is 12.7 Å². The fraction of sp³-hybridized carbons (Fsp3) is 0.714. The summed E-state index contributed by atoms with van der Waals surface area (Å²) in [6, 6.07) is 0. The van der Waals surface area contributed by atoms with E-state index in [1.165, 1.54) is 7.11 Å². The molecule has 0 aromatic rings. The molecule has 0 aromatic carbocycles. The number of hydrogen-bond acceptors (Lipinski definition) is 4. The molecule has 0 saturated heterocycles. The van der Waals surface area contributed by atoms with E-state index < -0.39 is 11.8 Å². The van der Waals surface area contributed by atoms with Crippen LogP contribution in [0.3, 0.4) is 0 Å². The second-order valence-electron chi connectivity index (χ2n) is 4.20. The SMILES string of the molecule is C=C[C@H](CCC)[C@@H](CC)C(=O)C(=O)OCCOC. The van der Waals surface area contributed by atoms with Crippen molar-refractivity contribution < 1.29 is 19.1 Å². The molecule has 4 nitrogen and oxygen atoms in total. The predicted molar refractivity (Wildman–Crippen MR) is 70.2 cm³/mol. The highest BCUT2D eigenvalue weighted by Crippen LogP contribution is 2.23. The van der Waals surface area contributed by atoms with Crippen molar-refractivity contribution in [1.29, 1.82) is 0 Å². The van der Waals surface area contributed by atoms with Crippen LogP contribution >= 0.6 is 0 Å². The Balaban J connectivity index is 4.48. The zero-order valence-corrected chi connectivity index (χ0v) is 11.6. The van der Waals surface area contributed by atoms with Gasteiger partial charge in [0.25, 0.3) is 0 Å². The first kappa shape index (κ1) is 16.8. The van der Waals surface area contributed by atoms with Gasteiger partial charge in [-0.25, -0.2) is 4.79 Å². The zero-order chi connectivity index (χ0) is 14.0. The summed E-state index contributed by atoms with van der Waals surface area (Å²) < 4.78 is 9.61. The molecule has 104 valence electrons. The molecule has 0 aliphatic rings. The molecule has 0 fully saturated rings. The molecular weight excluding hydrogens is 232 g/mol. The summed E-state index contributed by atoms with van der Waals surface area (Å²) in [6.07, 6.45) is 4.20. The van der Waals surface area contributed by atoms with Gasteiger partial charge >= 0.3 is 5.97 Å². The van der Waals surface area contributed by atoms with Gasteiger partial charge in [0.05, 0.1) is 6.61 Å². The molecule has 0 spiro atoms. The molecule has 0 rings (SSSR count). The molecule has 0 aromatic heterocycles. The normalized spacial score (nSPS) is 13.7. The van der Waals surface area contributed by atoms with E-state index in [1.54, 1.807) is 6.08 Å². The van der Waals surface area contributed by atoms with E-state index in [4.69, 9.17) is 9.47 Å². The Morgan fingerprint density at radius 1 is 1.28 bits per heavy atom. The van der Waals surface area contributed by atoms with Crippen LogP contribution in [0.1, 0.15) is 33.1 Å². The lowest BCUT2D eigenvalue weighted by Crippen LogP contribution is -2.31. The van der Waals surface area contributed by atoms with Gasteiger partial charge in [0.15, 0.2) is 0 Å². The van der Waals surface area contributed by atoms with Crippen LogP contribution < -0.4 is 0 Å². The third-order valence-corrected chi connectivity index (χ3v) is 2.94. The first-order valence-electron chi connectivity index (χ1n) is 6.44. The van der Waals surface area contributed by atoms with Crippen LogP contribution in [0.4, 0.5) is 0 Å². The first-order chi connectivity index (χ1) is 8.62. The number of allylic oxidation sites excluding steroid dienone is 1. The van der Waals surface area contributed by atoms with Gasteiger partial charge in [0, 0.05) is 13.0 Å². The molecular formula is C14H24O4. The fourth-order valence-electron chi connectivity index (χ4n) is 1.94. The summed E-state index contributed by atoms with van der Waals surface area (Å²) in [5.74, 6) is -1.49. The summed E-state index contributed by atoms with van der Waals surface area (Å²) in [7, 11) is 1.51. The number of ketones is 1. The Morgan fingerprint density at radius 3 is 2.39 bits per heavy atom. The van der Waals surface area contributed by atoms with Gasteiger partial charge in [-0.05, 0) is 18.8 Å². The highest BCUT2D eigenvalue weighted by Gasteiger charge is 2.30. The van der Waals surface area contributed by atoms with Gasteiger partial charge in [-0.2, -0.15) is 0 Å². The van der Waals surface area contributed by atoms with E-state index >= 15 is 0 Å². The maximum absolute atomic E-state index is 12.0. The minimum absolute atomic E-state index is 0.0440. The van der Waals surface area contributed by atoms with Crippen LogP contribution in [-0.2, 0) is 19.1 Å². The highest BCUT2D eigenvalue weighted by atomic mass is 16.6. The monoisotopic (exact) mass is 256 g/mol. The Morgan fingerprint density at radius 2 is 1.94 bits per heavy atom. The quantitative estimate of drug-likeness (QED) is 0.261. The van der Waals surface area contributed by atoms with Gasteiger partial charge in [-0.15, -0.1) is 6.58 Å². The van der Waals surface area contributed by atoms with E-state index in [1.807, 2.05) is 13.8 Å². The second-order valence-corrected chi connectivity index (χ2v) is 4.20. The van der Waals surface area contributed by atoms with Crippen molar-refractivity contribution in [3.63, 3.8) is 0 Å². The van der Waals surface area contributed by atoms with Gasteiger partial charge in [0.2, 0.25) is 5.78 Å². The van der Waals surface area contributed by atoms with E-state index in [2.05, 4.69) is 6.58 Å². The summed E-state index contributed by atoms with van der Waals surface area (Å²) in [5, 5.41) is 0. The molecule has 0 unspecified atom stereocenters. The molecule has 18 heavy (non-hydrogen) atoms. The molecule has 0 bridgehead atoms. The molecule has 0 radical (unpaired) electrons. The standard InChI is InChI=1S/C14H24O4/c1-5-8-11(6-2)12(7-3)13(15)14(16)18-10-9-17-4/h6,11-12H,2,5,7-10H2,1,3-4H3/t11-,12-/m1/s1. The molecule has 2 atom stereocenters. The number of rotatable bonds is 10. The number of hydrogen-bond donors (Lipinski definition) is 0. The lowest BCUT2D eigenvalue weighted by Gasteiger charge is -2.20. The van der Waals surface area contributed by atoms with Crippen molar-refractivity contribution in [2.75, 3.05) is 20.3 Å². The lowest BCUT2D eigenvalue weighted by atomic mass is 9.83. The van der Waals surface area contributed by atoms with Crippen molar-refractivity contribution in [1.82, 2.24) is 0 Å². The maximum Gasteiger partial charge on any atom is 0.374 e.